The number of phenolic OH excluding ortho intramolecular Hbond substituents is 1. The molecular formula is C23H24F3N5O2. The molecule has 0 radical (unpaired) electrons. The Morgan fingerprint density at radius 3 is 2.36 bits per heavy atom. The zero-order chi connectivity index (χ0) is 23.2. The first-order chi connectivity index (χ1) is 15.8. The molecule has 1 amide bonds. The molecule has 33 heavy (non-hydrogen) atoms. The van der Waals surface area contributed by atoms with E-state index in [0.29, 0.717) is 24.3 Å². The second-order valence-corrected chi connectivity index (χ2v) is 8.94. The van der Waals surface area contributed by atoms with Gasteiger partial charge < -0.3 is 15.3 Å². The predicted molar refractivity (Wildman–Crippen MR) is 116 cm³/mol. The summed E-state index contributed by atoms with van der Waals surface area (Å²) >= 11 is 0. The van der Waals surface area contributed by atoms with E-state index >= 15 is 0 Å². The third kappa shape index (κ3) is 4.03. The van der Waals surface area contributed by atoms with Crippen molar-refractivity contribution in [3.8, 4) is 17.0 Å². The summed E-state index contributed by atoms with van der Waals surface area (Å²) in [6.07, 6.45) is -0.928. The van der Waals surface area contributed by atoms with Crippen molar-refractivity contribution in [1.29, 1.82) is 0 Å². The zero-order valence-electron chi connectivity index (χ0n) is 17.9. The summed E-state index contributed by atoms with van der Waals surface area (Å²) in [6, 6.07) is 7.51. The summed E-state index contributed by atoms with van der Waals surface area (Å²) in [5.74, 6) is -0.393. The van der Waals surface area contributed by atoms with E-state index in [9.17, 15) is 23.1 Å². The Bertz CT molecular complexity index is 1170. The average Bonchev–Trinajstić information content (AvgIpc) is 3.24. The highest BCUT2D eigenvalue weighted by molar-refractivity contribution is 6.07. The molecule has 3 aromatic rings. The number of piperidine rings is 2. The topological polar surface area (TPSA) is 94.1 Å². The molecule has 10 heteroatoms. The smallest absolute Gasteiger partial charge is 0.435 e. The van der Waals surface area contributed by atoms with Crippen molar-refractivity contribution in [3.05, 3.63) is 41.6 Å². The number of aromatic hydroxyl groups is 1. The van der Waals surface area contributed by atoms with Gasteiger partial charge in [-0.15, -0.1) is 0 Å². The lowest BCUT2D eigenvalue weighted by Gasteiger charge is -2.44. The van der Waals surface area contributed by atoms with E-state index in [0.717, 1.165) is 38.8 Å². The number of nitrogens with zero attached hydrogens (tertiary/aromatic N) is 3. The maximum absolute atomic E-state index is 13.7. The SMILES string of the molecule is O=C(c1cc(-c2ccc(O)cc2)nc2[nH]nc(C(F)(F)F)c12)N1CCC2(CCNCC2)CC1. The van der Waals surface area contributed by atoms with Gasteiger partial charge in [0.15, 0.2) is 11.3 Å². The Balaban J connectivity index is 1.54. The van der Waals surface area contributed by atoms with Crippen LogP contribution in [-0.4, -0.2) is 57.3 Å². The molecule has 5 rings (SSSR count). The minimum atomic E-state index is -4.73. The first-order valence-corrected chi connectivity index (χ1v) is 11.0. The molecule has 0 unspecified atom stereocenters. The van der Waals surface area contributed by atoms with Crippen molar-refractivity contribution in [2.75, 3.05) is 26.2 Å². The van der Waals surface area contributed by atoms with Gasteiger partial charge >= 0.3 is 6.18 Å². The van der Waals surface area contributed by atoms with Gasteiger partial charge in [-0.1, -0.05) is 0 Å². The van der Waals surface area contributed by atoms with Crippen molar-refractivity contribution in [1.82, 2.24) is 25.4 Å². The number of alkyl halides is 3. The standard InChI is InChI=1S/C23H24F3N5O2/c24-23(25,26)19-18-16(21(33)31-11-7-22(8-12-31)5-9-27-10-6-22)13-17(28-20(18)30-29-19)14-1-3-15(32)4-2-14/h1-4,13,27,32H,5-12H2,(H,28,29,30). The number of carbonyl (C=O) groups excluding carboxylic acids is 1. The third-order valence-electron chi connectivity index (χ3n) is 6.97. The number of hydrogen-bond acceptors (Lipinski definition) is 5. The molecule has 2 aliphatic rings. The normalized spacial score (nSPS) is 18.7. The van der Waals surface area contributed by atoms with Crippen LogP contribution in [0.15, 0.2) is 30.3 Å². The fourth-order valence-electron chi connectivity index (χ4n) is 5.00. The van der Waals surface area contributed by atoms with Crippen molar-refractivity contribution >= 4 is 16.9 Å². The fraction of sp³-hybridized carbons (Fsp3) is 0.435. The Morgan fingerprint density at radius 1 is 1.06 bits per heavy atom. The molecule has 0 aliphatic carbocycles. The summed E-state index contributed by atoms with van der Waals surface area (Å²) in [4.78, 5) is 19.5. The monoisotopic (exact) mass is 459 g/mol. The fourth-order valence-corrected chi connectivity index (χ4v) is 5.00. The molecule has 2 saturated heterocycles. The van der Waals surface area contributed by atoms with Crippen LogP contribution in [0.2, 0.25) is 0 Å². The molecule has 0 atom stereocenters. The molecule has 1 spiro atoms. The number of aromatic amines is 1. The summed E-state index contributed by atoms with van der Waals surface area (Å²) in [6.45, 7) is 2.94. The van der Waals surface area contributed by atoms with Crippen LogP contribution in [0.3, 0.4) is 0 Å². The second-order valence-electron chi connectivity index (χ2n) is 8.94. The predicted octanol–water partition coefficient (Wildman–Crippen LogP) is 3.96. The molecule has 7 nitrogen and oxygen atoms in total. The first-order valence-electron chi connectivity index (χ1n) is 11.0. The highest BCUT2D eigenvalue weighted by Crippen LogP contribution is 2.41. The molecule has 0 saturated carbocycles. The van der Waals surface area contributed by atoms with Gasteiger partial charge in [0.25, 0.3) is 5.91 Å². The number of hydrogen-bond donors (Lipinski definition) is 3. The minimum Gasteiger partial charge on any atom is -0.508 e. The maximum Gasteiger partial charge on any atom is 0.435 e. The number of rotatable bonds is 2. The van der Waals surface area contributed by atoms with E-state index < -0.39 is 17.8 Å². The number of phenols is 1. The molecule has 2 fully saturated rings. The minimum absolute atomic E-state index is 0.0529. The van der Waals surface area contributed by atoms with Gasteiger partial charge in [-0.2, -0.15) is 18.3 Å². The van der Waals surface area contributed by atoms with Crippen LogP contribution in [0.1, 0.15) is 41.7 Å². The van der Waals surface area contributed by atoms with Crippen molar-refractivity contribution in [2.45, 2.75) is 31.9 Å². The van der Waals surface area contributed by atoms with Crippen molar-refractivity contribution in [2.24, 2.45) is 5.41 Å². The molecule has 3 N–H and O–H groups in total. The lowest BCUT2D eigenvalue weighted by molar-refractivity contribution is -0.139. The van der Waals surface area contributed by atoms with Crippen LogP contribution in [0.5, 0.6) is 5.75 Å². The van der Waals surface area contributed by atoms with E-state index in [1.54, 1.807) is 17.0 Å². The number of fused-ring (bicyclic) bond motifs is 1. The number of H-pyrrole nitrogens is 1. The van der Waals surface area contributed by atoms with Crippen LogP contribution in [0.25, 0.3) is 22.3 Å². The lowest BCUT2D eigenvalue weighted by Crippen LogP contribution is -2.47. The number of nitrogens with one attached hydrogen (secondary N) is 2. The van der Waals surface area contributed by atoms with E-state index in [4.69, 9.17) is 0 Å². The average molecular weight is 459 g/mol. The number of amides is 1. The Labute approximate surface area is 188 Å². The summed E-state index contributed by atoms with van der Waals surface area (Å²) in [5, 5.41) is 18.4. The van der Waals surface area contributed by atoms with Gasteiger partial charge in [0.1, 0.15) is 5.75 Å². The summed E-state index contributed by atoms with van der Waals surface area (Å²) in [5.41, 5.74) is -0.195. The second kappa shape index (κ2) is 8.02. The maximum atomic E-state index is 13.7. The van der Waals surface area contributed by atoms with E-state index in [-0.39, 0.29) is 27.8 Å². The van der Waals surface area contributed by atoms with Gasteiger partial charge in [-0.25, -0.2) is 4.98 Å². The molecular weight excluding hydrogens is 435 g/mol. The van der Waals surface area contributed by atoms with Gasteiger partial charge in [0.2, 0.25) is 0 Å². The Morgan fingerprint density at radius 2 is 1.73 bits per heavy atom. The van der Waals surface area contributed by atoms with Crippen LogP contribution in [-0.2, 0) is 6.18 Å². The van der Waals surface area contributed by atoms with E-state index in [1.165, 1.54) is 18.2 Å². The summed E-state index contributed by atoms with van der Waals surface area (Å²) in [7, 11) is 0. The van der Waals surface area contributed by atoms with E-state index in [1.807, 2.05) is 0 Å². The quantitative estimate of drug-likeness (QED) is 0.540. The number of halogens is 3. The molecule has 0 bridgehead atoms. The number of aromatic nitrogens is 3. The Kier molecular flexibility index (Phi) is 5.27. The molecule has 2 aromatic heterocycles. The first kappa shape index (κ1) is 21.7. The molecule has 1 aromatic carbocycles. The molecule has 4 heterocycles. The lowest BCUT2D eigenvalue weighted by atomic mass is 9.71. The van der Waals surface area contributed by atoms with Crippen LogP contribution < -0.4 is 5.32 Å². The number of benzene rings is 1. The highest BCUT2D eigenvalue weighted by Gasteiger charge is 2.40. The highest BCUT2D eigenvalue weighted by atomic mass is 19.4. The van der Waals surface area contributed by atoms with Crippen LogP contribution >= 0.6 is 0 Å². The molecule has 174 valence electrons. The summed E-state index contributed by atoms with van der Waals surface area (Å²) < 4.78 is 41.0. The van der Waals surface area contributed by atoms with Crippen molar-refractivity contribution in [3.63, 3.8) is 0 Å². The number of likely N-dealkylation sites (tertiary alicyclic amines) is 1. The largest absolute Gasteiger partial charge is 0.508 e. The van der Waals surface area contributed by atoms with Gasteiger partial charge in [0, 0.05) is 18.7 Å². The van der Waals surface area contributed by atoms with Gasteiger partial charge in [-0.3, -0.25) is 9.89 Å². The zero-order valence-corrected chi connectivity index (χ0v) is 17.9. The third-order valence-corrected chi connectivity index (χ3v) is 6.97. The van der Waals surface area contributed by atoms with Crippen LogP contribution in [0, 0.1) is 5.41 Å². The number of carbonyl (C=O) groups is 1. The Hall–Kier alpha value is -3.14. The molecule has 2 aliphatic heterocycles. The van der Waals surface area contributed by atoms with Crippen molar-refractivity contribution < 1.29 is 23.1 Å². The number of pyridine rings is 1. The van der Waals surface area contributed by atoms with Gasteiger partial charge in [-0.05, 0) is 74.5 Å². The van der Waals surface area contributed by atoms with Gasteiger partial charge in [0.05, 0.1) is 16.6 Å². The van der Waals surface area contributed by atoms with Crippen LogP contribution in [0.4, 0.5) is 13.2 Å². The van der Waals surface area contributed by atoms with E-state index in [2.05, 4.69) is 20.5 Å².